The molecule has 0 unspecified atom stereocenters. The van der Waals surface area contributed by atoms with E-state index in [4.69, 9.17) is 0 Å². The fourth-order valence-corrected chi connectivity index (χ4v) is 1.68. The van der Waals surface area contributed by atoms with Crippen LogP contribution in [0.1, 0.15) is 25.1 Å². The minimum atomic E-state index is 0.244. The molecule has 0 fully saturated rings. The molecule has 1 aliphatic carbocycles. The van der Waals surface area contributed by atoms with E-state index in [0.717, 1.165) is 25.1 Å². The van der Waals surface area contributed by atoms with E-state index in [0.29, 0.717) is 6.42 Å². The van der Waals surface area contributed by atoms with E-state index in [1.165, 1.54) is 5.57 Å². The summed E-state index contributed by atoms with van der Waals surface area (Å²) < 4.78 is 1.75. The average Bonchev–Trinajstić information content (AvgIpc) is 2.52. The summed E-state index contributed by atoms with van der Waals surface area (Å²) in [5.74, 6) is 1.17. The lowest BCUT2D eigenvalue weighted by Gasteiger charge is -2.10. The highest BCUT2D eigenvalue weighted by molar-refractivity contribution is 5.91. The van der Waals surface area contributed by atoms with Gasteiger partial charge in [0.1, 0.15) is 12.2 Å². The van der Waals surface area contributed by atoms with Crippen LogP contribution in [0.5, 0.6) is 0 Å². The first-order valence-corrected chi connectivity index (χ1v) is 4.81. The number of hydrogen-bond donors (Lipinski definition) is 0. The predicted molar refractivity (Wildman–Crippen MR) is 51.6 cm³/mol. The maximum Gasteiger partial charge on any atom is 0.155 e. The predicted octanol–water partition coefficient (Wildman–Crippen LogP) is 1.04. The third-order valence-corrected chi connectivity index (χ3v) is 2.48. The highest BCUT2D eigenvalue weighted by Gasteiger charge is 2.12. The van der Waals surface area contributed by atoms with Crippen molar-refractivity contribution in [2.24, 2.45) is 7.05 Å². The molecule has 1 aromatic heterocycles. The summed E-state index contributed by atoms with van der Waals surface area (Å²) in [5.41, 5.74) is 1.18. The van der Waals surface area contributed by atoms with Crippen molar-refractivity contribution < 1.29 is 4.79 Å². The molecular weight excluding hydrogens is 178 g/mol. The zero-order valence-electron chi connectivity index (χ0n) is 8.23. The molecule has 74 valence electrons. The van der Waals surface area contributed by atoms with Crippen molar-refractivity contribution in [3.05, 3.63) is 23.8 Å². The molecule has 0 atom stereocenters. The smallest absolute Gasteiger partial charge is 0.155 e. The Morgan fingerprint density at radius 2 is 2.36 bits per heavy atom. The van der Waals surface area contributed by atoms with Gasteiger partial charge in [-0.3, -0.25) is 9.48 Å². The molecule has 0 saturated heterocycles. The van der Waals surface area contributed by atoms with Crippen molar-refractivity contribution in [1.29, 1.82) is 0 Å². The van der Waals surface area contributed by atoms with E-state index in [1.54, 1.807) is 17.1 Å². The Labute approximate surface area is 82.6 Å². The van der Waals surface area contributed by atoms with Gasteiger partial charge in [0.25, 0.3) is 0 Å². The van der Waals surface area contributed by atoms with E-state index in [1.807, 2.05) is 7.05 Å². The van der Waals surface area contributed by atoms with Gasteiger partial charge in [-0.2, -0.15) is 5.10 Å². The molecule has 0 saturated carbocycles. The third-order valence-electron chi connectivity index (χ3n) is 2.48. The molecule has 0 radical (unpaired) electrons. The number of ketones is 1. The van der Waals surface area contributed by atoms with Crippen molar-refractivity contribution in [1.82, 2.24) is 14.8 Å². The summed E-state index contributed by atoms with van der Waals surface area (Å²) in [6.45, 7) is 0. The zero-order chi connectivity index (χ0) is 9.97. The number of carbonyl (C=O) groups excluding carboxylic acids is 1. The summed E-state index contributed by atoms with van der Waals surface area (Å²) in [6, 6.07) is 0. The molecular formula is C10H13N3O. The summed E-state index contributed by atoms with van der Waals surface area (Å²) >= 11 is 0. The third kappa shape index (κ3) is 1.89. The van der Waals surface area contributed by atoms with Crippen molar-refractivity contribution in [3.8, 4) is 0 Å². The van der Waals surface area contributed by atoms with Gasteiger partial charge in [0.05, 0.1) is 0 Å². The lowest BCUT2D eigenvalue weighted by Crippen LogP contribution is -2.07. The molecule has 4 heteroatoms. The van der Waals surface area contributed by atoms with E-state index < -0.39 is 0 Å². The van der Waals surface area contributed by atoms with E-state index in [2.05, 4.69) is 10.1 Å². The van der Waals surface area contributed by atoms with Gasteiger partial charge >= 0.3 is 0 Å². The molecule has 0 N–H and O–H groups in total. The molecule has 0 aromatic carbocycles. The minimum Gasteiger partial charge on any atom is -0.295 e. The standard InChI is InChI=1S/C10H13N3O/c1-13-10(11-7-12-13)6-8-3-2-4-9(14)5-8/h5,7H,2-4,6H2,1H3. The number of rotatable bonds is 2. The molecule has 0 bridgehead atoms. The maximum absolute atomic E-state index is 11.2. The van der Waals surface area contributed by atoms with E-state index in [-0.39, 0.29) is 5.78 Å². The van der Waals surface area contributed by atoms with Crippen LogP contribution in [0.25, 0.3) is 0 Å². The van der Waals surface area contributed by atoms with Crippen LogP contribution >= 0.6 is 0 Å². The van der Waals surface area contributed by atoms with Crippen LogP contribution < -0.4 is 0 Å². The Morgan fingerprint density at radius 1 is 1.50 bits per heavy atom. The van der Waals surface area contributed by atoms with Crippen LogP contribution in [0.3, 0.4) is 0 Å². The Balaban J connectivity index is 2.11. The monoisotopic (exact) mass is 191 g/mol. The SMILES string of the molecule is Cn1ncnc1CC1=CC(=O)CCC1. The number of aromatic nitrogens is 3. The molecule has 14 heavy (non-hydrogen) atoms. The van der Waals surface area contributed by atoms with Gasteiger partial charge in [-0.05, 0) is 18.9 Å². The van der Waals surface area contributed by atoms with Gasteiger partial charge in [0.15, 0.2) is 5.78 Å². The fraction of sp³-hybridized carbons (Fsp3) is 0.500. The first-order valence-electron chi connectivity index (χ1n) is 4.81. The van der Waals surface area contributed by atoms with Crippen molar-refractivity contribution >= 4 is 5.78 Å². The molecule has 0 aliphatic heterocycles. The molecule has 2 rings (SSSR count). The fourth-order valence-electron chi connectivity index (χ4n) is 1.68. The Bertz CT molecular complexity index is 378. The molecule has 1 aromatic rings. The van der Waals surface area contributed by atoms with Crippen LogP contribution in [0.4, 0.5) is 0 Å². The summed E-state index contributed by atoms with van der Waals surface area (Å²) in [6.07, 6.45) is 6.74. The summed E-state index contributed by atoms with van der Waals surface area (Å²) in [5, 5.41) is 3.99. The molecule has 4 nitrogen and oxygen atoms in total. The van der Waals surface area contributed by atoms with Gasteiger partial charge in [-0.15, -0.1) is 0 Å². The van der Waals surface area contributed by atoms with Crippen LogP contribution in [0.2, 0.25) is 0 Å². The van der Waals surface area contributed by atoms with Gasteiger partial charge in [0.2, 0.25) is 0 Å². The van der Waals surface area contributed by atoms with Crippen LogP contribution in [0.15, 0.2) is 18.0 Å². The Morgan fingerprint density at radius 3 is 3.00 bits per heavy atom. The molecule has 1 heterocycles. The summed E-state index contributed by atoms with van der Waals surface area (Å²) in [7, 11) is 1.87. The first-order chi connectivity index (χ1) is 6.75. The van der Waals surface area contributed by atoms with Crippen molar-refractivity contribution in [2.75, 3.05) is 0 Å². The van der Waals surface area contributed by atoms with Crippen LogP contribution in [-0.4, -0.2) is 20.5 Å². The first kappa shape index (κ1) is 9.12. The zero-order valence-corrected chi connectivity index (χ0v) is 8.23. The van der Waals surface area contributed by atoms with Crippen LogP contribution in [0, 0.1) is 0 Å². The summed E-state index contributed by atoms with van der Waals surface area (Å²) in [4.78, 5) is 15.3. The Kier molecular flexibility index (Phi) is 2.43. The lowest BCUT2D eigenvalue weighted by molar-refractivity contribution is -0.115. The van der Waals surface area contributed by atoms with Crippen LogP contribution in [-0.2, 0) is 18.3 Å². The molecule has 0 amide bonds. The second-order valence-electron chi connectivity index (χ2n) is 3.60. The highest BCUT2D eigenvalue weighted by atomic mass is 16.1. The van der Waals surface area contributed by atoms with Crippen molar-refractivity contribution in [3.63, 3.8) is 0 Å². The average molecular weight is 191 g/mol. The molecule has 1 aliphatic rings. The van der Waals surface area contributed by atoms with E-state index >= 15 is 0 Å². The second-order valence-corrected chi connectivity index (χ2v) is 3.60. The lowest BCUT2D eigenvalue weighted by atomic mass is 9.96. The largest absolute Gasteiger partial charge is 0.295 e. The van der Waals surface area contributed by atoms with Gasteiger partial charge in [-0.25, -0.2) is 4.98 Å². The van der Waals surface area contributed by atoms with Crippen molar-refractivity contribution in [2.45, 2.75) is 25.7 Å². The van der Waals surface area contributed by atoms with Gasteiger partial charge in [-0.1, -0.05) is 5.57 Å². The highest BCUT2D eigenvalue weighted by Crippen LogP contribution is 2.18. The Hall–Kier alpha value is -1.45. The second kappa shape index (κ2) is 3.74. The topological polar surface area (TPSA) is 47.8 Å². The van der Waals surface area contributed by atoms with E-state index in [9.17, 15) is 4.79 Å². The minimum absolute atomic E-state index is 0.244. The number of hydrogen-bond acceptors (Lipinski definition) is 3. The number of aryl methyl sites for hydroxylation is 1. The number of carbonyl (C=O) groups is 1. The van der Waals surface area contributed by atoms with Gasteiger partial charge < -0.3 is 0 Å². The normalized spacial score (nSPS) is 16.9. The molecule has 0 spiro atoms. The quantitative estimate of drug-likeness (QED) is 0.701. The maximum atomic E-state index is 11.2. The number of allylic oxidation sites excluding steroid dienone is 2. The number of nitrogens with zero attached hydrogens (tertiary/aromatic N) is 3. The van der Waals surface area contributed by atoms with Gasteiger partial charge in [0, 0.05) is 19.9 Å².